The number of amides is 2. The number of carbonyl (C=O) groups excluding carboxylic acids is 1. The van der Waals surface area contributed by atoms with Crippen molar-refractivity contribution in [3.63, 3.8) is 0 Å². The lowest BCUT2D eigenvalue weighted by molar-refractivity contribution is -0.808. The molecule has 1 fully saturated rings. The number of hydroxylamine groups is 3. The molecule has 0 unspecified atom stereocenters. The van der Waals surface area contributed by atoms with Crippen LogP contribution in [0.1, 0.15) is 13.8 Å². The molecule has 0 bridgehead atoms. The maximum absolute atomic E-state index is 12.2. The van der Waals surface area contributed by atoms with Gasteiger partial charge in [-0.3, -0.25) is 14.4 Å². The Balaban J connectivity index is 2.64. The second-order valence-electron chi connectivity index (χ2n) is 4.09. The molecule has 1 aliphatic heterocycles. The number of hydrogen-bond donors (Lipinski definition) is 0. The summed E-state index contributed by atoms with van der Waals surface area (Å²) in [6, 6.07) is -0.270. The zero-order valence-electron chi connectivity index (χ0n) is 9.90. The number of likely N-dealkylation sites (N-methyl/N-ethyl adjacent to an activating group) is 1. The number of hydrogen-bond acceptors (Lipinski definition) is 3. The Labute approximate surface area is 91.4 Å². The Bertz CT molecular complexity index is 221. The highest BCUT2D eigenvalue weighted by Crippen LogP contribution is 2.14. The van der Waals surface area contributed by atoms with Gasteiger partial charge in [-0.2, -0.15) is 0 Å². The molecule has 1 heterocycles. The molecule has 0 aromatic rings. The molecule has 0 aromatic heterocycles. The van der Waals surface area contributed by atoms with Crippen molar-refractivity contribution in [3.05, 3.63) is 5.21 Å². The summed E-state index contributed by atoms with van der Waals surface area (Å²) < 4.78 is -0.675. The molecular weight excluding hydrogens is 194 g/mol. The zero-order valence-corrected chi connectivity index (χ0v) is 9.90. The highest BCUT2D eigenvalue weighted by Gasteiger charge is 2.34. The molecule has 0 atom stereocenters. The predicted octanol–water partition coefficient (Wildman–Crippen LogP) is 0.708. The largest absolute Gasteiger partial charge is 0.624 e. The van der Waals surface area contributed by atoms with E-state index in [4.69, 9.17) is 0 Å². The average Bonchev–Trinajstić information content (AvgIpc) is 2.24. The van der Waals surface area contributed by atoms with Crippen LogP contribution in [0, 0.1) is 5.21 Å². The second-order valence-corrected chi connectivity index (χ2v) is 4.09. The van der Waals surface area contributed by atoms with Crippen LogP contribution < -0.4 is 0 Å². The van der Waals surface area contributed by atoms with Crippen molar-refractivity contribution < 1.29 is 9.44 Å². The first-order valence-corrected chi connectivity index (χ1v) is 5.59. The van der Waals surface area contributed by atoms with Crippen LogP contribution in [0.4, 0.5) is 4.79 Å². The minimum atomic E-state index is -0.675. The summed E-state index contributed by atoms with van der Waals surface area (Å²) in [6.07, 6.45) is 0. The molecule has 15 heavy (non-hydrogen) atoms. The van der Waals surface area contributed by atoms with E-state index in [-0.39, 0.29) is 6.03 Å². The quantitative estimate of drug-likeness (QED) is 0.503. The Morgan fingerprint density at radius 1 is 1.33 bits per heavy atom. The van der Waals surface area contributed by atoms with E-state index in [1.807, 2.05) is 20.9 Å². The molecule has 88 valence electrons. The van der Waals surface area contributed by atoms with Gasteiger partial charge in [0.05, 0.1) is 13.1 Å². The minimum absolute atomic E-state index is 0.270. The fourth-order valence-electron chi connectivity index (χ4n) is 1.83. The lowest BCUT2D eigenvalue weighted by Crippen LogP contribution is -2.62. The molecule has 0 aromatic carbocycles. The van der Waals surface area contributed by atoms with E-state index in [0.717, 1.165) is 0 Å². The van der Waals surface area contributed by atoms with Gasteiger partial charge in [0.2, 0.25) is 0 Å². The van der Waals surface area contributed by atoms with Crippen LogP contribution >= 0.6 is 0 Å². The van der Waals surface area contributed by atoms with Crippen molar-refractivity contribution in [2.24, 2.45) is 0 Å². The second kappa shape index (κ2) is 4.92. The van der Waals surface area contributed by atoms with Crippen molar-refractivity contribution >= 4 is 6.03 Å². The van der Waals surface area contributed by atoms with Gasteiger partial charge in [0.25, 0.3) is 0 Å². The molecule has 0 radical (unpaired) electrons. The van der Waals surface area contributed by atoms with Gasteiger partial charge in [-0.15, -0.1) is 0 Å². The summed E-state index contributed by atoms with van der Waals surface area (Å²) in [7, 11) is 1.98. The van der Waals surface area contributed by atoms with E-state index >= 15 is 0 Å². The van der Waals surface area contributed by atoms with Gasteiger partial charge in [-0.25, -0.2) is 4.79 Å². The average molecular weight is 215 g/mol. The summed E-state index contributed by atoms with van der Waals surface area (Å²) in [6.45, 7) is 7.22. The van der Waals surface area contributed by atoms with E-state index in [2.05, 4.69) is 4.90 Å². The van der Waals surface area contributed by atoms with Crippen molar-refractivity contribution in [1.29, 1.82) is 0 Å². The minimum Gasteiger partial charge on any atom is -0.624 e. The summed E-state index contributed by atoms with van der Waals surface area (Å²) >= 11 is 0. The number of nitrogens with zero attached hydrogens (tertiary/aromatic N) is 3. The molecule has 1 saturated heterocycles. The molecule has 0 aliphatic carbocycles. The van der Waals surface area contributed by atoms with Gasteiger partial charge in [-0.05, 0) is 20.9 Å². The Morgan fingerprint density at radius 2 is 1.80 bits per heavy atom. The van der Waals surface area contributed by atoms with Crippen LogP contribution in [0.3, 0.4) is 0 Å². The van der Waals surface area contributed by atoms with Crippen LogP contribution in [-0.4, -0.2) is 66.8 Å². The first-order valence-electron chi connectivity index (χ1n) is 5.59. The number of rotatable bonds is 2. The van der Waals surface area contributed by atoms with E-state index in [0.29, 0.717) is 39.3 Å². The molecule has 0 saturated carbocycles. The first kappa shape index (κ1) is 12.4. The summed E-state index contributed by atoms with van der Waals surface area (Å²) in [4.78, 5) is 15.7. The van der Waals surface area contributed by atoms with Crippen LogP contribution in [-0.2, 0) is 0 Å². The Kier molecular flexibility index (Phi) is 4.07. The van der Waals surface area contributed by atoms with Gasteiger partial charge in [0.1, 0.15) is 0 Å². The van der Waals surface area contributed by atoms with Crippen LogP contribution in [0.2, 0.25) is 0 Å². The van der Waals surface area contributed by atoms with E-state index in [1.54, 1.807) is 4.90 Å². The van der Waals surface area contributed by atoms with Crippen molar-refractivity contribution in [1.82, 2.24) is 9.80 Å². The monoisotopic (exact) mass is 215 g/mol. The van der Waals surface area contributed by atoms with E-state index < -0.39 is 4.65 Å². The highest BCUT2D eigenvalue weighted by molar-refractivity contribution is 5.67. The molecular formula is C10H21N3O2. The number of piperazine rings is 1. The van der Waals surface area contributed by atoms with Gasteiger partial charge >= 0.3 is 6.03 Å². The van der Waals surface area contributed by atoms with Crippen LogP contribution in [0.25, 0.3) is 0 Å². The predicted molar refractivity (Wildman–Crippen MR) is 59.2 cm³/mol. The highest BCUT2D eigenvalue weighted by atomic mass is 16.6. The summed E-state index contributed by atoms with van der Waals surface area (Å²) in [5.74, 6) is 0. The number of quaternary nitrogens is 1. The Hall–Kier alpha value is -0.650. The molecule has 0 spiro atoms. The maximum Gasteiger partial charge on any atom is 0.419 e. The van der Waals surface area contributed by atoms with Crippen molar-refractivity contribution in [2.75, 3.05) is 46.3 Å². The van der Waals surface area contributed by atoms with Gasteiger partial charge in [-0.1, -0.05) is 0 Å². The van der Waals surface area contributed by atoms with Crippen molar-refractivity contribution in [2.45, 2.75) is 13.8 Å². The lowest BCUT2D eigenvalue weighted by atomic mass is 10.3. The van der Waals surface area contributed by atoms with E-state index in [1.165, 1.54) is 0 Å². The third kappa shape index (κ3) is 2.68. The van der Waals surface area contributed by atoms with Gasteiger partial charge in [0, 0.05) is 26.2 Å². The Morgan fingerprint density at radius 3 is 2.20 bits per heavy atom. The number of urea groups is 1. The molecule has 5 heteroatoms. The SMILES string of the molecule is CCN(CC)C(=O)[N+]1([O-])CCN(C)CC1. The zero-order chi connectivity index (χ0) is 11.5. The van der Waals surface area contributed by atoms with E-state index in [9.17, 15) is 10.0 Å². The molecule has 0 N–H and O–H groups in total. The molecule has 5 nitrogen and oxygen atoms in total. The summed E-state index contributed by atoms with van der Waals surface area (Å²) in [5, 5.41) is 12.2. The third-order valence-corrected chi connectivity index (χ3v) is 3.07. The van der Waals surface area contributed by atoms with Gasteiger partial charge < -0.3 is 5.21 Å². The molecule has 2 amide bonds. The smallest absolute Gasteiger partial charge is 0.419 e. The fourth-order valence-corrected chi connectivity index (χ4v) is 1.83. The lowest BCUT2D eigenvalue weighted by Gasteiger charge is -2.46. The summed E-state index contributed by atoms with van der Waals surface area (Å²) in [5.41, 5.74) is 0. The van der Waals surface area contributed by atoms with Crippen LogP contribution in [0.15, 0.2) is 0 Å². The van der Waals surface area contributed by atoms with Crippen molar-refractivity contribution in [3.8, 4) is 0 Å². The third-order valence-electron chi connectivity index (χ3n) is 3.07. The topological polar surface area (TPSA) is 46.6 Å². The maximum atomic E-state index is 12.2. The molecule has 1 aliphatic rings. The molecule has 1 rings (SSSR count). The first-order chi connectivity index (χ1) is 7.03. The fraction of sp³-hybridized carbons (Fsp3) is 0.900. The van der Waals surface area contributed by atoms with Crippen LogP contribution in [0.5, 0.6) is 0 Å². The normalized spacial score (nSPS) is 21.3. The number of carbonyl (C=O) groups is 1. The van der Waals surface area contributed by atoms with Gasteiger partial charge in [0.15, 0.2) is 0 Å². The standard InChI is InChI=1S/C10H21N3O2/c1-4-12(5-2)10(14)13(15)8-6-11(3)7-9-13/h4-9H2,1-3H3.